The Kier molecular flexibility index (Phi) is 4.04. The van der Waals surface area contributed by atoms with Gasteiger partial charge in [-0.05, 0) is 25.0 Å². The van der Waals surface area contributed by atoms with Gasteiger partial charge in [-0.25, -0.2) is 0 Å². The maximum atomic E-state index is 12.4. The molecule has 0 aromatic carbocycles. The lowest BCUT2D eigenvalue weighted by atomic mass is 10.2. The monoisotopic (exact) mass is 302 g/mol. The molecule has 1 aliphatic carbocycles. The van der Waals surface area contributed by atoms with Crippen LogP contribution < -0.4 is 5.32 Å². The standard InChI is InChI=1S/C15H18N4O3/c20-10-18-5-7-19(8-6-18)15(22)13-9-11(3-4-16-13)14(21)17-12-1-2-12/h3-4,9-10,12H,1-2,5-8H2,(H,17,21). The fraction of sp³-hybridized carbons (Fsp3) is 0.467. The van der Waals surface area contributed by atoms with Crippen LogP contribution in [0.4, 0.5) is 0 Å². The first-order valence-corrected chi connectivity index (χ1v) is 7.43. The van der Waals surface area contributed by atoms with Gasteiger partial charge in [-0.2, -0.15) is 0 Å². The number of piperazine rings is 1. The van der Waals surface area contributed by atoms with Crippen LogP contribution in [0.1, 0.15) is 33.7 Å². The normalized spacial score (nSPS) is 18.0. The zero-order valence-electron chi connectivity index (χ0n) is 12.2. The van der Waals surface area contributed by atoms with Gasteiger partial charge in [0.1, 0.15) is 5.69 Å². The second kappa shape index (κ2) is 6.13. The van der Waals surface area contributed by atoms with E-state index in [9.17, 15) is 14.4 Å². The molecule has 1 saturated heterocycles. The van der Waals surface area contributed by atoms with E-state index >= 15 is 0 Å². The first kappa shape index (κ1) is 14.5. The predicted octanol–water partition coefficient (Wildman–Crippen LogP) is -0.112. The quantitative estimate of drug-likeness (QED) is 0.787. The van der Waals surface area contributed by atoms with Gasteiger partial charge < -0.3 is 15.1 Å². The third-order valence-corrected chi connectivity index (χ3v) is 3.90. The number of pyridine rings is 1. The number of carbonyl (C=O) groups is 3. The molecule has 1 aliphatic heterocycles. The van der Waals surface area contributed by atoms with Gasteiger partial charge in [-0.3, -0.25) is 19.4 Å². The van der Waals surface area contributed by atoms with Gasteiger partial charge in [-0.15, -0.1) is 0 Å². The van der Waals surface area contributed by atoms with Crippen molar-refractivity contribution in [3.8, 4) is 0 Å². The van der Waals surface area contributed by atoms with Crippen molar-refractivity contribution in [3.05, 3.63) is 29.6 Å². The van der Waals surface area contributed by atoms with E-state index in [-0.39, 0.29) is 23.6 Å². The molecule has 7 heteroatoms. The third-order valence-electron chi connectivity index (χ3n) is 3.90. The Bertz CT molecular complexity index is 592. The van der Waals surface area contributed by atoms with Crippen molar-refractivity contribution in [1.29, 1.82) is 0 Å². The Morgan fingerprint density at radius 2 is 1.95 bits per heavy atom. The largest absolute Gasteiger partial charge is 0.349 e. The number of hydrogen-bond acceptors (Lipinski definition) is 4. The molecule has 116 valence electrons. The molecule has 1 aromatic heterocycles. The smallest absolute Gasteiger partial charge is 0.272 e. The van der Waals surface area contributed by atoms with Gasteiger partial charge in [0, 0.05) is 44.0 Å². The van der Waals surface area contributed by atoms with E-state index in [0.717, 1.165) is 19.3 Å². The second-order valence-electron chi connectivity index (χ2n) is 5.61. The Morgan fingerprint density at radius 1 is 1.23 bits per heavy atom. The van der Waals surface area contributed by atoms with Gasteiger partial charge in [-0.1, -0.05) is 0 Å². The van der Waals surface area contributed by atoms with E-state index in [1.807, 2.05) is 0 Å². The highest BCUT2D eigenvalue weighted by Gasteiger charge is 2.25. The Balaban J connectivity index is 1.67. The molecule has 0 bridgehead atoms. The van der Waals surface area contributed by atoms with Crippen molar-refractivity contribution < 1.29 is 14.4 Å². The van der Waals surface area contributed by atoms with Gasteiger partial charge >= 0.3 is 0 Å². The van der Waals surface area contributed by atoms with Crippen molar-refractivity contribution >= 4 is 18.2 Å². The topological polar surface area (TPSA) is 82.6 Å². The van der Waals surface area contributed by atoms with Crippen LogP contribution in [0, 0.1) is 0 Å². The zero-order valence-corrected chi connectivity index (χ0v) is 12.2. The number of nitrogens with zero attached hydrogens (tertiary/aromatic N) is 3. The van der Waals surface area contributed by atoms with Crippen LogP contribution in [-0.2, 0) is 4.79 Å². The zero-order chi connectivity index (χ0) is 15.5. The molecule has 0 spiro atoms. The number of hydrogen-bond donors (Lipinski definition) is 1. The van der Waals surface area contributed by atoms with E-state index in [1.54, 1.807) is 15.9 Å². The van der Waals surface area contributed by atoms with E-state index in [4.69, 9.17) is 0 Å². The summed E-state index contributed by atoms with van der Waals surface area (Å²) >= 11 is 0. The molecule has 3 rings (SSSR count). The highest BCUT2D eigenvalue weighted by Crippen LogP contribution is 2.19. The third kappa shape index (κ3) is 3.24. The molecule has 2 heterocycles. The summed E-state index contributed by atoms with van der Waals surface area (Å²) in [7, 11) is 0. The van der Waals surface area contributed by atoms with Crippen molar-refractivity contribution in [3.63, 3.8) is 0 Å². The molecule has 2 fully saturated rings. The summed E-state index contributed by atoms with van der Waals surface area (Å²) < 4.78 is 0. The van der Waals surface area contributed by atoms with Crippen LogP contribution in [0.3, 0.4) is 0 Å². The summed E-state index contributed by atoms with van der Waals surface area (Å²) in [6, 6.07) is 3.42. The Hall–Kier alpha value is -2.44. The SMILES string of the molecule is O=CN1CCN(C(=O)c2cc(C(=O)NC3CC3)ccn2)CC1. The minimum Gasteiger partial charge on any atom is -0.349 e. The van der Waals surface area contributed by atoms with Crippen LogP contribution in [-0.4, -0.2) is 65.2 Å². The first-order chi connectivity index (χ1) is 10.7. The Labute approximate surface area is 128 Å². The number of amides is 3. The predicted molar refractivity (Wildman–Crippen MR) is 78.3 cm³/mol. The van der Waals surface area contributed by atoms with Crippen LogP contribution in [0.5, 0.6) is 0 Å². The molecule has 1 N–H and O–H groups in total. The average Bonchev–Trinajstić information content (AvgIpc) is 3.38. The van der Waals surface area contributed by atoms with Crippen LogP contribution >= 0.6 is 0 Å². The molecule has 7 nitrogen and oxygen atoms in total. The summed E-state index contributed by atoms with van der Waals surface area (Å²) in [5.74, 6) is -0.364. The summed E-state index contributed by atoms with van der Waals surface area (Å²) in [5, 5.41) is 2.89. The summed E-state index contributed by atoms with van der Waals surface area (Å²) in [6.45, 7) is 2.02. The van der Waals surface area contributed by atoms with E-state index in [2.05, 4.69) is 10.3 Å². The average molecular weight is 302 g/mol. The lowest BCUT2D eigenvalue weighted by Crippen LogP contribution is -2.48. The van der Waals surface area contributed by atoms with Gasteiger partial charge in [0.05, 0.1) is 0 Å². The van der Waals surface area contributed by atoms with Crippen LogP contribution in [0.2, 0.25) is 0 Å². The number of rotatable bonds is 4. The van der Waals surface area contributed by atoms with E-state index in [1.165, 1.54) is 12.3 Å². The van der Waals surface area contributed by atoms with Crippen molar-refractivity contribution in [2.45, 2.75) is 18.9 Å². The molecule has 3 amide bonds. The Morgan fingerprint density at radius 3 is 2.59 bits per heavy atom. The molecule has 0 atom stereocenters. The second-order valence-corrected chi connectivity index (χ2v) is 5.61. The highest BCUT2D eigenvalue weighted by atomic mass is 16.2. The van der Waals surface area contributed by atoms with E-state index < -0.39 is 0 Å². The summed E-state index contributed by atoms with van der Waals surface area (Å²) in [6.07, 6.45) is 4.31. The lowest BCUT2D eigenvalue weighted by molar-refractivity contribution is -0.119. The number of nitrogens with one attached hydrogen (secondary N) is 1. The van der Waals surface area contributed by atoms with Crippen LogP contribution in [0.15, 0.2) is 18.3 Å². The van der Waals surface area contributed by atoms with E-state index in [0.29, 0.717) is 31.7 Å². The molecule has 2 aliphatic rings. The van der Waals surface area contributed by atoms with Gasteiger partial charge in [0.15, 0.2) is 0 Å². The van der Waals surface area contributed by atoms with Gasteiger partial charge in [0.25, 0.3) is 11.8 Å². The lowest BCUT2D eigenvalue weighted by Gasteiger charge is -2.32. The number of aromatic nitrogens is 1. The maximum absolute atomic E-state index is 12.4. The molecule has 1 aromatic rings. The van der Waals surface area contributed by atoms with Crippen molar-refractivity contribution in [2.24, 2.45) is 0 Å². The molecular weight excluding hydrogens is 284 g/mol. The fourth-order valence-corrected chi connectivity index (χ4v) is 2.38. The fourth-order valence-electron chi connectivity index (χ4n) is 2.38. The minimum atomic E-state index is -0.202. The highest BCUT2D eigenvalue weighted by molar-refractivity contribution is 5.98. The summed E-state index contributed by atoms with van der Waals surface area (Å²) in [5.41, 5.74) is 0.722. The minimum absolute atomic E-state index is 0.162. The molecule has 0 radical (unpaired) electrons. The molecule has 0 unspecified atom stereocenters. The first-order valence-electron chi connectivity index (χ1n) is 7.43. The van der Waals surface area contributed by atoms with Crippen molar-refractivity contribution in [1.82, 2.24) is 20.1 Å². The molecule has 22 heavy (non-hydrogen) atoms. The van der Waals surface area contributed by atoms with Crippen LogP contribution in [0.25, 0.3) is 0 Å². The maximum Gasteiger partial charge on any atom is 0.272 e. The van der Waals surface area contributed by atoms with Crippen molar-refractivity contribution in [2.75, 3.05) is 26.2 Å². The summed E-state index contributed by atoms with van der Waals surface area (Å²) in [4.78, 5) is 42.5. The van der Waals surface area contributed by atoms with Gasteiger partial charge in [0.2, 0.25) is 6.41 Å². The molecule has 1 saturated carbocycles. The number of carbonyl (C=O) groups excluding carboxylic acids is 3. The molecular formula is C15H18N4O3.